The molecular formula is C25H30FN3O5S. The van der Waals surface area contributed by atoms with Crippen molar-refractivity contribution in [3.8, 4) is 5.88 Å². The number of amides is 1. The minimum Gasteiger partial charge on any atom is -0.477 e. The molecule has 188 valence electrons. The second-order valence-electron chi connectivity index (χ2n) is 10.5. The van der Waals surface area contributed by atoms with Gasteiger partial charge in [0.1, 0.15) is 17.7 Å². The van der Waals surface area contributed by atoms with Gasteiger partial charge in [-0.2, -0.15) is 0 Å². The highest BCUT2D eigenvalue weighted by Crippen LogP contribution is 2.58. The maximum absolute atomic E-state index is 14.6. The van der Waals surface area contributed by atoms with Gasteiger partial charge in [-0.3, -0.25) is 0 Å². The molecule has 35 heavy (non-hydrogen) atoms. The fourth-order valence-corrected chi connectivity index (χ4v) is 5.40. The molecular weight excluding hydrogens is 473 g/mol. The van der Waals surface area contributed by atoms with E-state index in [1.165, 1.54) is 18.5 Å². The number of likely N-dealkylation sites (tertiary alicyclic amines) is 1. The highest BCUT2D eigenvalue weighted by molar-refractivity contribution is 7.90. The van der Waals surface area contributed by atoms with Gasteiger partial charge in [0.2, 0.25) is 5.88 Å². The van der Waals surface area contributed by atoms with Gasteiger partial charge < -0.3 is 14.4 Å². The van der Waals surface area contributed by atoms with Crippen molar-refractivity contribution >= 4 is 15.9 Å². The Morgan fingerprint density at radius 3 is 2.69 bits per heavy atom. The van der Waals surface area contributed by atoms with Crippen molar-refractivity contribution in [3.63, 3.8) is 0 Å². The molecule has 10 heteroatoms. The van der Waals surface area contributed by atoms with Crippen molar-refractivity contribution in [2.75, 3.05) is 26.0 Å². The fraction of sp³-hybridized carbons (Fsp3) is 0.560. The molecule has 2 saturated carbocycles. The Morgan fingerprint density at radius 2 is 2.03 bits per heavy atom. The summed E-state index contributed by atoms with van der Waals surface area (Å²) in [6.07, 6.45) is 6.18. The summed E-state index contributed by atoms with van der Waals surface area (Å²) < 4.78 is 49.6. The zero-order valence-electron chi connectivity index (χ0n) is 20.2. The van der Waals surface area contributed by atoms with Gasteiger partial charge >= 0.3 is 6.09 Å². The van der Waals surface area contributed by atoms with E-state index < -0.39 is 15.7 Å². The van der Waals surface area contributed by atoms with Gasteiger partial charge in [-0.15, -0.1) is 0 Å². The van der Waals surface area contributed by atoms with Crippen LogP contribution < -0.4 is 4.74 Å². The number of hydrogen-bond donors (Lipinski definition) is 0. The predicted molar refractivity (Wildman–Crippen MR) is 125 cm³/mol. The summed E-state index contributed by atoms with van der Waals surface area (Å²) >= 11 is 0. The van der Waals surface area contributed by atoms with Gasteiger partial charge in [-0.05, 0) is 63.1 Å². The number of ether oxygens (including phenoxy) is 2. The summed E-state index contributed by atoms with van der Waals surface area (Å²) in [7, 11) is -3.48. The smallest absolute Gasteiger partial charge is 0.410 e. The Hall–Kier alpha value is -2.75. The minimum absolute atomic E-state index is 0.0470. The third-order valence-electron chi connectivity index (χ3n) is 7.67. The number of carbonyl (C=O) groups excluding carboxylic acids is 1. The van der Waals surface area contributed by atoms with Gasteiger partial charge in [0.25, 0.3) is 0 Å². The van der Waals surface area contributed by atoms with E-state index in [0.717, 1.165) is 43.6 Å². The van der Waals surface area contributed by atoms with Gasteiger partial charge in [0.15, 0.2) is 9.84 Å². The van der Waals surface area contributed by atoms with E-state index >= 15 is 0 Å². The average Bonchev–Trinajstić information content (AvgIpc) is 3.70. The molecule has 1 aliphatic heterocycles. The summed E-state index contributed by atoms with van der Waals surface area (Å²) in [4.78, 5) is 22.8. The van der Waals surface area contributed by atoms with Crippen molar-refractivity contribution in [2.24, 2.45) is 11.3 Å². The zero-order chi connectivity index (χ0) is 25.0. The highest BCUT2D eigenvalue weighted by atomic mass is 32.2. The van der Waals surface area contributed by atoms with Crippen molar-refractivity contribution in [2.45, 2.75) is 56.4 Å². The van der Waals surface area contributed by atoms with Crippen molar-refractivity contribution in [1.29, 1.82) is 0 Å². The quantitative estimate of drug-likeness (QED) is 0.568. The predicted octanol–water partition coefficient (Wildman–Crippen LogP) is 3.70. The zero-order valence-corrected chi connectivity index (χ0v) is 21.0. The standard InChI is InChI=1S/C25H30FN3O5S/c1-16-21(10-17-4-5-19(11-20(17)26)35(3,31)32)27-15-28-22(16)33-14-25-8-9-29(13-18(25)12-25)23(30)34-24(2)6-7-24/h4-5,11,15,18H,6-10,12-14H2,1-3H3. The molecule has 0 radical (unpaired) electrons. The number of rotatable bonds is 7. The number of nitrogens with zero attached hydrogens (tertiary/aromatic N) is 3. The third kappa shape index (κ3) is 4.98. The van der Waals surface area contributed by atoms with Crippen LogP contribution in [0.15, 0.2) is 29.4 Å². The molecule has 2 atom stereocenters. The highest BCUT2D eigenvalue weighted by Gasteiger charge is 2.58. The van der Waals surface area contributed by atoms with E-state index in [4.69, 9.17) is 9.47 Å². The van der Waals surface area contributed by atoms with Crippen LogP contribution in [0.4, 0.5) is 9.18 Å². The number of aromatic nitrogens is 2. The molecule has 1 amide bonds. The molecule has 1 saturated heterocycles. The first-order valence-electron chi connectivity index (χ1n) is 11.9. The summed E-state index contributed by atoms with van der Waals surface area (Å²) in [6.45, 7) is 5.67. The number of carbonyl (C=O) groups is 1. The van der Waals surface area contributed by atoms with Crippen LogP contribution in [0.25, 0.3) is 0 Å². The topological polar surface area (TPSA) is 98.7 Å². The van der Waals surface area contributed by atoms with Crippen LogP contribution in [0.5, 0.6) is 5.88 Å². The monoisotopic (exact) mass is 503 g/mol. The van der Waals surface area contributed by atoms with Crippen molar-refractivity contribution in [3.05, 3.63) is 47.2 Å². The lowest BCUT2D eigenvalue weighted by Gasteiger charge is -2.31. The third-order valence-corrected chi connectivity index (χ3v) is 8.78. The lowest BCUT2D eigenvalue weighted by Crippen LogP contribution is -2.42. The number of sulfone groups is 1. The number of piperidine rings is 1. The molecule has 0 bridgehead atoms. The van der Waals surface area contributed by atoms with Crippen LogP contribution in [0.1, 0.15) is 49.4 Å². The Kier molecular flexibility index (Phi) is 5.77. The maximum atomic E-state index is 14.6. The van der Waals surface area contributed by atoms with Gasteiger partial charge in [-0.1, -0.05) is 6.07 Å². The largest absolute Gasteiger partial charge is 0.477 e. The second-order valence-corrected chi connectivity index (χ2v) is 12.5. The number of hydrogen-bond acceptors (Lipinski definition) is 7. The normalized spacial score (nSPS) is 24.5. The molecule has 1 aromatic carbocycles. The Labute approximate surface area is 204 Å². The Bertz CT molecular complexity index is 1280. The minimum atomic E-state index is -3.48. The lowest BCUT2D eigenvalue weighted by molar-refractivity contribution is 0.0439. The summed E-state index contributed by atoms with van der Waals surface area (Å²) in [5, 5.41) is 0. The van der Waals surface area contributed by atoms with Crippen LogP contribution >= 0.6 is 0 Å². The van der Waals surface area contributed by atoms with Crippen LogP contribution in [-0.4, -0.2) is 60.9 Å². The summed E-state index contributed by atoms with van der Waals surface area (Å²) in [5.41, 5.74) is 1.48. The molecule has 3 aliphatic rings. The van der Waals surface area contributed by atoms with Crippen LogP contribution in [0.2, 0.25) is 0 Å². The number of benzene rings is 1. The molecule has 8 nitrogen and oxygen atoms in total. The van der Waals surface area contributed by atoms with Gasteiger partial charge in [0.05, 0.1) is 17.2 Å². The SMILES string of the molecule is Cc1c(Cc2ccc(S(C)(=O)=O)cc2F)ncnc1OCC12CCN(C(=O)OC3(C)CC3)CC1C2. The van der Waals surface area contributed by atoms with E-state index in [0.29, 0.717) is 42.8 Å². The molecule has 5 rings (SSSR count). The molecule has 2 unspecified atom stereocenters. The van der Waals surface area contributed by atoms with Crippen LogP contribution in [-0.2, 0) is 21.0 Å². The number of halogens is 1. The molecule has 2 aromatic rings. The summed E-state index contributed by atoms with van der Waals surface area (Å²) in [5.74, 6) is 0.264. The first-order valence-corrected chi connectivity index (χ1v) is 13.8. The second kappa shape index (κ2) is 8.43. The maximum Gasteiger partial charge on any atom is 0.410 e. The fourth-order valence-electron chi connectivity index (χ4n) is 4.77. The van der Waals surface area contributed by atoms with Gasteiger partial charge in [0, 0.05) is 36.7 Å². The Morgan fingerprint density at radius 1 is 1.26 bits per heavy atom. The lowest BCUT2D eigenvalue weighted by atomic mass is 9.96. The van der Waals surface area contributed by atoms with E-state index in [1.54, 1.807) is 0 Å². The van der Waals surface area contributed by atoms with Gasteiger partial charge in [-0.25, -0.2) is 27.6 Å². The molecule has 3 fully saturated rings. The van der Waals surface area contributed by atoms with Crippen LogP contribution in [0, 0.1) is 24.1 Å². The van der Waals surface area contributed by atoms with E-state index in [1.807, 2.05) is 18.7 Å². The molecule has 0 spiro atoms. The van der Waals surface area contributed by atoms with E-state index in [9.17, 15) is 17.6 Å². The first kappa shape index (κ1) is 24.0. The van der Waals surface area contributed by atoms with E-state index in [-0.39, 0.29) is 28.4 Å². The molecule has 1 aromatic heterocycles. The first-order chi connectivity index (χ1) is 16.5. The number of fused-ring (bicyclic) bond motifs is 1. The molecule has 2 aliphatic carbocycles. The van der Waals surface area contributed by atoms with Crippen LogP contribution in [0.3, 0.4) is 0 Å². The van der Waals surface area contributed by atoms with Crippen molar-refractivity contribution < 1.29 is 27.1 Å². The summed E-state index contributed by atoms with van der Waals surface area (Å²) in [6, 6.07) is 3.92. The van der Waals surface area contributed by atoms with E-state index in [2.05, 4.69) is 9.97 Å². The molecule has 2 heterocycles. The Balaban J connectivity index is 1.20. The molecule has 0 N–H and O–H groups in total. The average molecular weight is 504 g/mol. The van der Waals surface area contributed by atoms with Crippen molar-refractivity contribution in [1.82, 2.24) is 14.9 Å².